The quantitative estimate of drug-likeness (QED) is 0.281. The zero-order valence-electron chi connectivity index (χ0n) is 18.2. The summed E-state index contributed by atoms with van der Waals surface area (Å²) in [6.45, 7) is 3.95. The second kappa shape index (κ2) is 12.8. The van der Waals surface area contributed by atoms with E-state index in [1.807, 2.05) is 12.1 Å². The molecule has 0 radical (unpaired) electrons. The molecule has 1 aliphatic rings. The number of sulfonamides is 1. The normalized spacial score (nSPS) is 16.4. The molecule has 1 atom stereocenters. The van der Waals surface area contributed by atoms with Gasteiger partial charge in [-0.2, -0.15) is 4.31 Å². The minimum atomic E-state index is -3.36. The number of benzene rings is 1. The van der Waals surface area contributed by atoms with Gasteiger partial charge in [-0.05, 0) is 50.3 Å². The van der Waals surface area contributed by atoms with Crippen LogP contribution in [-0.2, 0) is 23.0 Å². The summed E-state index contributed by atoms with van der Waals surface area (Å²) in [5.41, 5.74) is 1.33. The minimum Gasteiger partial charge on any atom is -0.354 e. The Balaban J connectivity index is 0.00000341. The summed E-state index contributed by atoms with van der Waals surface area (Å²) < 4.78 is 27.7. The fourth-order valence-electron chi connectivity index (χ4n) is 3.52. The number of nitrogens with zero attached hydrogens (tertiary/aromatic N) is 2. The lowest BCUT2D eigenvalue weighted by Gasteiger charge is -2.25. The van der Waals surface area contributed by atoms with E-state index in [1.54, 1.807) is 17.4 Å². The Morgan fingerprint density at radius 1 is 1.13 bits per heavy atom. The van der Waals surface area contributed by atoms with Crippen LogP contribution in [0.1, 0.15) is 43.0 Å². The first-order chi connectivity index (χ1) is 14.5. The number of aryl methyl sites for hydroxylation is 1. The maximum absolute atomic E-state index is 12.8. The van der Waals surface area contributed by atoms with Crippen molar-refractivity contribution in [1.29, 1.82) is 0 Å². The number of hydrogen-bond donors (Lipinski definition) is 2. The molecular formula is C22H33IN4O2S2. The van der Waals surface area contributed by atoms with Gasteiger partial charge in [0, 0.05) is 31.1 Å². The van der Waals surface area contributed by atoms with Crippen LogP contribution in [0, 0.1) is 0 Å². The van der Waals surface area contributed by atoms with E-state index in [9.17, 15) is 8.42 Å². The van der Waals surface area contributed by atoms with Gasteiger partial charge in [0.15, 0.2) is 5.96 Å². The van der Waals surface area contributed by atoms with Gasteiger partial charge in [-0.3, -0.25) is 4.99 Å². The van der Waals surface area contributed by atoms with Crippen LogP contribution in [0.15, 0.2) is 51.7 Å². The van der Waals surface area contributed by atoms with Gasteiger partial charge in [0.2, 0.25) is 0 Å². The molecule has 0 amide bonds. The molecule has 1 aromatic heterocycles. The van der Waals surface area contributed by atoms with Crippen LogP contribution in [-0.4, -0.2) is 44.9 Å². The standard InChI is InChI=1S/C22H32N4O2S2.HI/c1-18(11-12-19-9-5-3-6-10-19)25-22(23-2)24-17-20-13-14-21(29-20)30(27,28)26-15-7-4-8-16-26;/h3,5-6,9-10,13-14,18H,4,7-8,11-12,15-17H2,1-2H3,(H2,23,24,25);1H. The molecule has 31 heavy (non-hydrogen) atoms. The van der Waals surface area contributed by atoms with Crippen molar-refractivity contribution in [1.82, 2.24) is 14.9 Å². The number of piperidine rings is 1. The fourth-order valence-corrected chi connectivity index (χ4v) is 6.49. The predicted molar refractivity (Wildman–Crippen MR) is 140 cm³/mol. The third kappa shape index (κ3) is 7.73. The van der Waals surface area contributed by atoms with Crippen molar-refractivity contribution in [3.05, 3.63) is 52.9 Å². The average Bonchev–Trinajstić information content (AvgIpc) is 3.26. The summed E-state index contributed by atoms with van der Waals surface area (Å²) in [4.78, 5) is 5.28. The number of rotatable bonds is 8. The van der Waals surface area contributed by atoms with Gasteiger partial charge in [0.05, 0.1) is 6.54 Å². The average molecular weight is 577 g/mol. The van der Waals surface area contributed by atoms with E-state index in [1.165, 1.54) is 16.9 Å². The molecule has 1 aromatic carbocycles. The van der Waals surface area contributed by atoms with E-state index in [0.29, 0.717) is 23.8 Å². The zero-order valence-corrected chi connectivity index (χ0v) is 22.2. The van der Waals surface area contributed by atoms with Crippen molar-refractivity contribution < 1.29 is 8.42 Å². The molecule has 1 aliphatic heterocycles. The maximum atomic E-state index is 12.8. The lowest BCUT2D eigenvalue weighted by atomic mass is 10.1. The largest absolute Gasteiger partial charge is 0.354 e. The first-order valence-corrected chi connectivity index (χ1v) is 12.8. The van der Waals surface area contributed by atoms with Crippen molar-refractivity contribution in [3.63, 3.8) is 0 Å². The predicted octanol–water partition coefficient (Wildman–Crippen LogP) is 4.23. The number of aliphatic imine (C=N–C) groups is 1. The lowest BCUT2D eigenvalue weighted by molar-refractivity contribution is 0.347. The summed E-state index contributed by atoms with van der Waals surface area (Å²) >= 11 is 1.34. The van der Waals surface area contributed by atoms with Gasteiger partial charge < -0.3 is 10.6 Å². The molecule has 1 fully saturated rings. The van der Waals surface area contributed by atoms with Gasteiger partial charge in [-0.15, -0.1) is 35.3 Å². The van der Waals surface area contributed by atoms with Crippen LogP contribution >= 0.6 is 35.3 Å². The molecule has 172 valence electrons. The smallest absolute Gasteiger partial charge is 0.252 e. The number of halogens is 1. The highest BCUT2D eigenvalue weighted by Crippen LogP contribution is 2.27. The van der Waals surface area contributed by atoms with Gasteiger partial charge in [0.1, 0.15) is 4.21 Å². The Kier molecular flexibility index (Phi) is 10.7. The summed E-state index contributed by atoms with van der Waals surface area (Å²) in [6, 6.07) is 14.3. The van der Waals surface area contributed by atoms with Crippen molar-refractivity contribution in [3.8, 4) is 0 Å². The van der Waals surface area contributed by atoms with Crippen LogP contribution in [0.4, 0.5) is 0 Å². The van der Waals surface area contributed by atoms with Crippen LogP contribution in [0.25, 0.3) is 0 Å². The van der Waals surface area contributed by atoms with E-state index in [0.717, 1.165) is 42.9 Å². The van der Waals surface area contributed by atoms with Crippen LogP contribution in [0.2, 0.25) is 0 Å². The molecule has 2 heterocycles. The van der Waals surface area contributed by atoms with Crippen LogP contribution < -0.4 is 10.6 Å². The molecule has 0 spiro atoms. The number of thiophene rings is 1. The second-order valence-electron chi connectivity index (χ2n) is 7.68. The van der Waals surface area contributed by atoms with Gasteiger partial charge in [-0.1, -0.05) is 36.8 Å². The molecule has 0 saturated carbocycles. The third-order valence-corrected chi connectivity index (χ3v) is 8.74. The number of guanidine groups is 1. The Morgan fingerprint density at radius 2 is 1.84 bits per heavy atom. The second-order valence-corrected chi connectivity index (χ2v) is 11.0. The highest BCUT2D eigenvalue weighted by Gasteiger charge is 2.27. The van der Waals surface area contributed by atoms with E-state index in [2.05, 4.69) is 46.8 Å². The monoisotopic (exact) mass is 576 g/mol. The zero-order chi connectivity index (χ0) is 21.4. The summed E-state index contributed by atoms with van der Waals surface area (Å²) in [6.07, 6.45) is 5.02. The summed E-state index contributed by atoms with van der Waals surface area (Å²) in [5, 5.41) is 6.71. The molecule has 3 rings (SSSR count). The highest BCUT2D eigenvalue weighted by atomic mass is 127. The lowest BCUT2D eigenvalue weighted by Crippen LogP contribution is -2.41. The Labute approximate surface area is 207 Å². The van der Waals surface area contributed by atoms with Crippen LogP contribution in [0.5, 0.6) is 0 Å². The van der Waals surface area contributed by atoms with Crippen LogP contribution in [0.3, 0.4) is 0 Å². The molecule has 1 unspecified atom stereocenters. The molecule has 9 heteroatoms. The van der Waals surface area contributed by atoms with E-state index < -0.39 is 10.0 Å². The molecule has 1 saturated heterocycles. The van der Waals surface area contributed by atoms with Crippen molar-refractivity contribution in [2.75, 3.05) is 20.1 Å². The van der Waals surface area contributed by atoms with E-state index in [4.69, 9.17) is 0 Å². The number of nitrogens with one attached hydrogen (secondary N) is 2. The Bertz CT molecular complexity index is 926. The van der Waals surface area contributed by atoms with Crippen molar-refractivity contribution in [2.45, 2.75) is 55.8 Å². The minimum absolute atomic E-state index is 0. The van der Waals surface area contributed by atoms with E-state index >= 15 is 0 Å². The molecule has 0 bridgehead atoms. The first kappa shape index (κ1) is 26.1. The van der Waals surface area contributed by atoms with Crippen molar-refractivity contribution >= 4 is 51.3 Å². The maximum Gasteiger partial charge on any atom is 0.252 e. The first-order valence-electron chi connectivity index (χ1n) is 10.6. The van der Waals surface area contributed by atoms with Gasteiger partial charge in [-0.25, -0.2) is 8.42 Å². The Hall–Kier alpha value is -1.17. The van der Waals surface area contributed by atoms with Gasteiger partial charge in [0.25, 0.3) is 10.0 Å². The highest BCUT2D eigenvalue weighted by molar-refractivity contribution is 14.0. The van der Waals surface area contributed by atoms with E-state index in [-0.39, 0.29) is 30.0 Å². The van der Waals surface area contributed by atoms with Gasteiger partial charge >= 0.3 is 0 Å². The summed E-state index contributed by atoms with van der Waals surface area (Å²) in [5.74, 6) is 0.726. The summed E-state index contributed by atoms with van der Waals surface area (Å²) in [7, 11) is -1.61. The SMILES string of the molecule is CN=C(NCc1ccc(S(=O)(=O)N2CCCCC2)s1)NC(C)CCc1ccccc1.I. The molecule has 6 nitrogen and oxygen atoms in total. The molecule has 0 aliphatic carbocycles. The molecule has 2 N–H and O–H groups in total. The Morgan fingerprint density at radius 3 is 2.52 bits per heavy atom. The topological polar surface area (TPSA) is 73.8 Å². The number of hydrogen-bond acceptors (Lipinski definition) is 4. The molecule has 2 aromatic rings. The fraction of sp³-hybridized carbons (Fsp3) is 0.500. The third-order valence-electron chi connectivity index (χ3n) is 5.29. The van der Waals surface area contributed by atoms with Crippen molar-refractivity contribution in [2.24, 2.45) is 4.99 Å². The molecular weight excluding hydrogens is 543 g/mol.